The minimum atomic E-state index is -0.231. The molecule has 0 amide bonds. The van der Waals surface area contributed by atoms with E-state index >= 15 is 0 Å². The van der Waals surface area contributed by atoms with E-state index < -0.39 is 0 Å². The predicted molar refractivity (Wildman–Crippen MR) is 49.4 cm³/mol. The number of nitrogen functional groups attached to an aromatic ring is 1. The molecule has 0 aliphatic rings. The van der Waals surface area contributed by atoms with E-state index in [4.69, 9.17) is 10.5 Å². The average molecular weight is 183 g/mol. The van der Waals surface area contributed by atoms with Gasteiger partial charge in [0.2, 0.25) is 0 Å². The van der Waals surface area contributed by atoms with Gasteiger partial charge in [-0.05, 0) is 6.92 Å². The van der Waals surface area contributed by atoms with E-state index in [0.29, 0.717) is 12.2 Å². The van der Waals surface area contributed by atoms with Crippen LogP contribution in [0.15, 0.2) is 10.9 Å². The fraction of sp³-hybridized carbons (Fsp3) is 0.500. The van der Waals surface area contributed by atoms with Crippen molar-refractivity contribution in [1.29, 1.82) is 0 Å². The summed E-state index contributed by atoms with van der Waals surface area (Å²) in [6.45, 7) is 1.89. The molecule has 0 bridgehead atoms. The molecule has 0 aromatic carbocycles. The molecule has 0 aliphatic carbocycles. The summed E-state index contributed by atoms with van der Waals surface area (Å²) in [5, 5.41) is 0. The number of H-pyrrole nitrogens is 1. The molecule has 0 aliphatic heterocycles. The number of aromatic amines is 1. The highest BCUT2D eigenvalue weighted by Gasteiger charge is 2.04. The van der Waals surface area contributed by atoms with Crippen molar-refractivity contribution in [3.05, 3.63) is 22.2 Å². The van der Waals surface area contributed by atoms with E-state index in [2.05, 4.69) is 9.97 Å². The number of nitrogens with zero attached hydrogens (tertiary/aromatic N) is 1. The Kier molecular flexibility index (Phi) is 3.02. The van der Waals surface area contributed by atoms with Crippen LogP contribution in [0.25, 0.3) is 0 Å². The molecule has 0 saturated heterocycles. The number of rotatable bonds is 3. The van der Waals surface area contributed by atoms with Gasteiger partial charge in [-0.15, -0.1) is 0 Å². The number of anilines is 1. The summed E-state index contributed by atoms with van der Waals surface area (Å²) in [5.41, 5.74) is 5.17. The molecule has 0 saturated carbocycles. The van der Waals surface area contributed by atoms with Crippen LogP contribution in [0.3, 0.4) is 0 Å². The molecule has 3 N–H and O–H groups in total. The Balaban J connectivity index is 2.83. The smallest absolute Gasteiger partial charge is 0.252 e. The van der Waals surface area contributed by atoms with Gasteiger partial charge in [0.1, 0.15) is 11.6 Å². The van der Waals surface area contributed by atoms with Gasteiger partial charge in [-0.3, -0.25) is 4.79 Å². The lowest BCUT2D eigenvalue weighted by atomic mass is 10.2. The van der Waals surface area contributed by atoms with Crippen molar-refractivity contribution in [3.63, 3.8) is 0 Å². The van der Waals surface area contributed by atoms with Gasteiger partial charge in [0.25, 0.3) is 5.56 Å². The lowest BCUT2D eigenvalue weighted by Gasteiger charge is -2.07. The lowest BCUT2D eigenvalue weighted by Crippen LogP contribution is -2.17. The van der Waals surface area contributed by atoms with Crippen LogP contribution < -0.4 is 11.3 Å². The quantitative estimate of drug-likeness (QED) is 0.687. The van der Waals surface area contributed by atoms with Crippen molar-refractivity contribution in [3.8, 4) is 0 Å². The second-order valence-corrected chi connectivity index (χ2v) is 2.87. The van der Waals surface area contributed by atoms with Crippen LogP contribution in [0, 0.1) is 0 Å². The zero-order valence-corrected chi connectivity index (χ0v) is 7.70. The van der Waals surface area contributed by atoms with E-state index in [9.17, 15) is 4.79 Å². The van der Waals surface area contributed by atoms with Gasteiger partial charge in [0.05, 0.1) is 6.10 Å². The SMILES string of the molecule is COC(C)Cc1nc(N)cc(=O)[nH]1. The maximum absolute atomic E-state index is 11.0. The van der Waals surface area contributed by atoms with E-state index in [1.165, 1.54) is 6.07 Å². The molecule has 1 heterocycles. The van der Waals surface area contributed by atoms with Crippen LogP contribution in [0.2, 0.25) is 0 Å². The summed E-state index contributed by atoms with van der Waals surface area (Å²) in [6, 6.07) is 1.25. The van der Waals surface area contributed by atoms with Crippen LogP contribution in [0.1, 0.15) is 12.7 Å². The second kappa shape index (κ2) is 4.04. The topological polar surface area (TPSA) is 81.0 Å². The molecule has 72 valence electrons. The summed E-state index contributed by atoms with van der Waals surface area (Å²) in [6.07, 6.45) is 0.571. The first-order chi connectivity index (χ1) is 6.11. The van der Waals surface area contributed by atoms with Crippen molar-refractivity contribution in [2.75, 3.05) is 12.8 Å². The standard InChI is InChI=1S/C8H13N3O2/c1-5(13-2)3-7-10-6(9)4-8(12)11-7/h4-5H,3H2,1-2H3,(H3,9,10,11,12). The number of hydrogen-bond donors (Lipinski definition) is 2. The van der Waals surface area contributed by atoms with Crippen LogP contribution >= 0.6 is 0 Å². The Hall–Kier alpha value is -1.36. The minimum absolute atomic E-state index is 0.0185. The summed E-state index contributed by atoms with van der Waals surface area (Å²) in [7, 11) is 1.61. The molecular formula is C8H13N3O2. The Bertz CT molecular complexity index is 334. The third kappa shape index (κ3) is 2.87. The van der Waals surface area contributed by atoms with Crippen LogP contribution in [0.5, 0.6) is 0 Å². The molecule has 1 unspecified atom stereocenters. The van der Waals surface area contributed by atoms with Crippen LogP contribution in [-0.4, -0.2) is 23.2 Å². The molecule has 5 heteroatoms. The summed E-state index contributed by atoms with van der Waals surface area (Å²) >= 11 is 0. The van der Waals surface area contributed by atoms with E-state index in [1.54, 1.807) is 7.11 Å². The zero-order chi connectivity index (χ0) is 9.84. The molecule has 0 radical (unpaired) electrons. The first-order valence-electron chi connectivity index (χ1n) is 4.00. The monoisotopic (exact) mass is 183 g/mol. The van der Waals surface area contributed by atoms with Crippen molar-refractivity contribution in [2.24, 2.45) is 0 Å². The van der Waals surface area contributed by atoms with Crippen molar-refractivity contribution < 1.29 is 4.74 Å². The third-order valence-electron chi connectivity index (χ3n) is 1.69. The van der Waals surface area contributed by atoms with Crippen LogP contribution in [-0.2, 0) is 11.2 Å². The van der Waals surface area contributed by atoms with E-state index in [0.717, 1.165) is 0 Å². The molecule has 1 aromatic rings. The summed E-state index contributed by atoms with van der Waals surface area (Å²) < 4.78 is 5.03. The van der Waals surface area contributed by atoms with Gasteiger partial charge in [-0.25, -0.2) is 4.98 Å². The number of nitrogens with one attached hydrogen (secondary N) is 1. The molecule has 0 spiro atoms. The lowest BCUT2D eigenvalue weighted by molar-refractivity contribution is 0.117. The number of nitrogens with two attached hydrogens (primary N) is 1. The van der Waals surface area contributed by atoms with Gasteiger partial charge in [0.15, 0.2) is 0 Å². The van der Waals surface area contributed by atoms with Crippen molar-refractivity contribution >= 4 is 5.82 Å². The predicted octanol–water partition coefficient (Wildman–Crippen LogP) is -0.0705. The van der Waals surface area contributed by atoms with Crippen molar-refractivity contribution in [1.82, 2.24) is 9.97 Å². The van der Waals surface area contributed by atoms with Crippen LogP contribution in [0.4, 0.5) is 5.82 Å². The van der Waals surface area contributed by atoms with E-state index in [1.807, 2.05) is 6.92 Å². The van der Waals surface area contributed by atoms with Gasteiger partial charge in [0, 0.05) is 19.6 Å². The van der Waals surface area contributed by atoms with Crippen molar-refractivity contribution in [2.45, 2.75) is 19.4 Å². The van der Waals surface area contributed by atoms with Gasteiger partial charge >= 0.3 is 0 Å². The molecule has 13 heavy (non-hydrogen) atoms. The maximum Gasteiger partial charge on any atom is 0.252 e. The minimum Gasteiger partial charge on any atom is -0.383 e. The molecule has 0 fully saturated rings. The Labute approximate surface area is 75.9 Å². The third-order valence-corrected chi connectivity index (χ3v) is 1.69. The molecular weight excluding hydrogens is 170 g/mol. The first kappa shape index (κ1) is 9.73. The Morgan fingerprint density at radius 3 is 3.00 bits per heavy atom. The second-order valence-electron chi connectivity index (χ2n) is 2.87. The fourth-order valence-corrected chi connectivity index (χ4v) is 0.981. The number of methoxy groups -OCH3 is 1. The van der Waals surface area contributed by atoms with Gasteiger partial charge < -0.3 is 15.5 Å². The fourth-order valence-electron chi connectivity index (χ4n) is 0.981. The summed E-state index contributed by atoms with van der Waals surface area (Å²) in [4.78, 5) is 17.5. The van der Waals surface area contributed by atoms with E-state index in [-0.39, 0.29) is 17.5 Å². The molecule has 1 atom stereocenters. The Morgan fingerprint density at radius 2 is 2.46 bits per heavy atom. The highest BCUT2D eigenvalue weighted by Crippen LogP contribution is 1.99. The largest absolute Gasteiger partial charge is 0.383 e. The average Bonchev–Trinajstić information content (AvgIpc) is 2.02. The maximum atomic E-state index is 11.0. The van der Waals surface area contributed by atoms with Gasteiger partial charge in [-0.2, -0.15) is 0 Å². The summed E-state index contributed by atoms with van der Waals surface area (Å²) in [5.74, 6) is 0.793. The molecule has 1 rings (SSSR count). The number of aromatic nitrogens is 2. The highest BCUT2D eigenvalue weighted by molar-refractivity contribution is 5.25. The Morgan fingerprint density at radius 1 is 1.77 bits per heavy atom. The number of ether oxygens (including phenoxy) is 1. The zero-order valence-electron chi connectivity index (χ0n) is 7.70. The molecule has 1 aromatic heterocycles. The normalized spacial score (nSPS) is 12.8. The first-order valence-corrected chi connectivity index (χ1v) is 4.00. The molecule has 5 nitrogen and oxygen atoms in total. The van der Waals surface area contributed by atoms with Gasteiger partial charge in [-0.1, -0.05) is 0 Å². The highest BCUT2D eigenvalue weighted by atomic mass is 16.5. The number of hydrogen-bond acceptors (Lipinski definition) is 4.